The molecule has 0 atom stereocenters. The quantitative estimate of drug-likeness (QED) is 0.648. The predicted octanol–water partition coefficient (Wildman–Crippen LogP) is 0.806. The van der Waals surface area contributed by atoms with Crippen molar-refractivity contribution in [1.29, 1.82) is 0 Å². The molecule has 0 aromatic heterocycles. The average Bonchev–Trinajstić information content (AvgIpc) is 1.84. The largest absolute Gasteiger partial charge is 0.390 e. The Kier molecular flexibility index (Phi) is 2.72. The van der Waals surface area contributed by atoms with E-state index >= 15 is 0 Å². The molecule has 3 heteroatoms. The van der Waals surface area contributed by atoms with E-state index in [4.69, 9.17) is 16.7 Å². The van der Waals surface area contributed by atoms with Gasteiger partial charge in [-0.25, -0.2) is 0 Å². The van der Waals surface area contributed by atoms with Crippen molar-refractivity contribution in [3.05, 3.63) is 11.1 Å². The third-order valence-corrected chi connectivity index (χ3v) is 1.97. The Labute approximate surface area is 66.1 Å². The zero-order valence-corrected chi connectivity index (χ0v) is 6.80. The van der Waals surface area contributed by atoms with E-state index in [2.05, 4.69) is 4.90 Å². The first kappa shape index (κ1) is 8.05. The van der Waals surface area contributed by atoms with E-state index in [-0.39, 0.29) is 6.10 Å². The van der Waals surface area contributed by atoms with Gasteiger partial charge in [0, 0.05) is 25.2 Å². The van der Waals surface area contributed by atoms with Gasteiger partial charge in [0.15, 0.2) is 0 Å². The lowest BCUT2D eigenvalue weighted by Gasteiger charge is -2.35. The number of aliphatic hydroxyl groups is 1. The van der Waals surface area contributed by atoms with Crippen LogP contribution in [0.5, 0.6) is 0 Å². The Bertz CT molecular complexity index is 141. The number of rotatable bonds is 2. The molecule has 1 N–H and O–H groups in total. The molecule has 0 unspecified atom stereocenters. The van der Waals surface area contributed by atoms with Gasteiger partial charge in [0.2, 0.25) is 0 Å². The smallest absolute Gasteiger partial charge is 0.0794 e. The van der Waals surface area contributed by atoms with Crippen LogP contribution in [-0.4, -0.2) is 35.7 Å². The van der Waals surface area contributed by atoms with Crippen molar-refractivity contribution in [1.82, 2.24) is 4.90 Å². The molecule has 1 fully saturated rings. The van der Waals surface area contributed by atoms with Gasteiger partial charge >= 0.3 is 0 Å². The molecule has 0 amide bonds. The van der Waals surface area contributed by atoms with Gasteiger partial charge in [-0.1, -0.05) is 11.6 Å². The van der Waals surface area contributed by atoms with Crippen LogP contribution in [0.25, 0.3) is 0 Å². The second kappa shape index (κ2) is 3.37. The first-order chi connectivity index (χ1) is 4.72. The fourth-order valence-electron chi connectivity index (χ4n) is 1.06. The minimum Gasteiger partial charge on any atom is -0.390 e. The molecule has 1 rings (SSSR count). The molecule has 0 saturated carbocycles. The molecule has 1 heterocycles. The summed E-state index contributed by atoms with van der Waals surface area (Å²) in [5.74, 6) is 0. The van der Waals surface area contributed by atoms with E-state index < -0.39 is 0 Å². The Morgan fingerprint density at radius 3 is 2.80 bits per heavy atom. The topological polar surface area (TPSA) is 23.5 Å². The Morgan fingerprint density at radius 2 is 2.40 bits per heavy atom. The number of aliphatic hydroxyl groups excluding tert-OH is 1. The summed E-state index contributed by atoms with van der Waals surface area (Å²) in [4.78, 5) is 2.15. The molecule has 2 nitrogen and oxygen atoms in total. The summed E-state index contributed by atoms with van der Waals surface area (Å²) in [6.45, 7) is 4.46. The molecule has 0 radical (unpaired) electrons. The van der Waals surface area contributed by atoms with Gasteiger partial charge in [-0.15, -0.1) is 0 Å². The van der Waals surface area contributed by atoms with Crippen LogP contribution in [0.3, 0.4) is 0 Å². The van der Waals surface area contributed by atoms with E-state index in [1.807, 2.05) is 6.92 Å². The van der Waals surface area contributed by atoms with Crippen LogP contribution in [0.15, 0.2) is 11.1 Å². The molecule has 10 heavy (non-hydrogen) atoms. The van der Waals surface area contributed by atoms with Gasteiger partial charge in [0.25, 0.3) is 0 Å². The van der Waals surface area contributed by atoms with E-state index in [1.54, 1.807) is 5.54 Å². The zero-order valence-electron chi connectivity index (χ0n) is 6.05. The van der Waals surface area contributed by atoms with Crippen LogP contribution in [0.2, 0.25) is 0 Å². The lowest BCUT2D eigenvalue weighted by Crippen LogP contribution is -2.50. The zero-order chi connectivity index (χ0) is 7.56. The number of likely N-dealkylation sites (tertiary alicyclic amines) is 1. The maximum absolute atomic E-state index is 8.91. The normalized spacial score (nSPS) is 22.9. The van der Waals surface area contributed by atoms with Crippen molar-refractivity contribution < 1.29 is 5.11 Å². The SMILES string of the molecule is CC(=CCl)CN1CC(O)C1. The average molecular weight is 162 g/mol. The van der Waals surface area contributed by atoms with Gasteiger partial charge < -0.3 is 5.11 Å². The second-order valence-corrected chi connectivity index (χ2v) is 3.02. The van der Waals surface area contributed by atoms with Gasteiger partial charge in [-0.3, -0.25) is 4.90 Å². The minimum absolute atomic E-state index is 0.108. The highest BCUT2D eigenvalue weighted by Crippen LogP contribution is 2.09. The Morgan fingerprint density at radius 1 is 1.80 bits per heavy atom. The highest BCUT2D eigenvalue weighted by molar-refractivity contribution is 6.25. The standard InChI is InChI=1S/C7H12ClNO/c1-6(2-8)3-9-4-7(10)5-9/h2,7,10H,3-5H2,1H3. The van der Waals surface area contributed by atoms with Gasteiger partial charge in [-0.05, 0) is 12.5 Å². The summed E-state index contributed by atoms with van der Waals surface area (Å²) in [7, 11) is 0. The summed E-state index contributed by atoms with van der Waals surface area (Å²) >= 11 is 5.46. The first-order valence-electron chi connectivity index (χ1n) is 3.38. The van der Waals surface area contributed by atoms with Gasteiger partial charge in [0.05, 0.1) is 6.10 Å². The van der Waals surface area contributed by atoms with Crippen molar-refractivity contribution in [2.45, 2.75) is 13.0 Å². The molecule has 1 aliphatic rings. The van der Waals surface area contributed by atoms with Crippen LogP contribution in [0, 0.1) is 0 Å². The Hall–Kier alpha value is -0.0500. The van der Waals surface area contributed by atoms with Crippen LogP contribution >= 0.6 is 11.6 Å². The summed E-state index contributed by atoms with van der Waals surface area (Å²) in [6.07, 6.45) is -0.108. The fourth-order valence-corrected chi connectivity index (χ4v) is 1.13. The molecular formula is C7H12ClNO. The minimum atomic E-state index is -0.108. The lowest BCUT2D eigenvalue weighted by atomic mass is 10.1. The number of nitrogens with zero attached hydrogens (tertiary/aromatic N) is 1. The summed E-state index contributed by atoms with van der Waals surface area (Å²) in [6, 6.07) is 0. The van der Waals surface area contributed by atoms with E-state index in [0.29, 0.717) is 0 Å². The van der Waals surface area contributed by atoms with Crippen LogP contribution in [0.4, 0.5) is 0 Å². The van der Waals surface area contributed by atoms with Crippen LogP contribution in [-0.2, 0) is 0 Å². The molecule has 0 aliphatic carbocycles. The van der Waals surface area contributed by atoms with E-state index in [1.165, 1.54) is 0 Å². The van der Waals surface area contributed by atoms with Crippen LogP contribution in [0.1, 0.15) is 6.92 Å². The summed E-state index contributed by atoms with van der Waals surface area (Å²) < 4.78 is 0. The molecular weight excluding hydrogens is 150 g/mol. The number of β-amino-alcohol motifs (C(OH)–C–C–N with tert-alkyl or cyclic N) is 1. The molecule has 58 valence electrons. The second-order valence-electron chi connectivity index (χ2n) is 2.80. The third-order valence-electron chi connectivity index (χ3n) is 1.60. The van der Waals surface area contributed by atoms with Crippen molar-refractivity contribution in [3.63, 3.8) is 0 Å². The van der Waals surface area contributed by atoms with Gasteiger partial charge in [-0.2, -0.15) is 0 Å². The van der Waals surface area contributed by atoms with Crippen molar-refractivity contribution in [2.24, 2.45) is 0 Å². The van der Waals surface area contributed by atoms with Crippen molar-refractivity contribution in [2.75, 3.05) is 19.6 Å². The summed E-state index contributed by atoms with van der Waals surface area (Å²) in [5, 5.41) is 8.91. The van der Waals surface area contributed by atoms with E-state index in [0.717, 1.165) is 25.2 Å². The number of hydrogen-bond acceptors (Lipinski definition) is 2. The first-order valence-corrected chi connectivity index (χ1v) is 3.82. The predicted molar refractivity (Wildman–Crippen MR) is 42.1 cm³/mol. The maximum Gasteiger partial charge on any atom is 0.0794 e. The number of halogens is 1. The van der Waals surface area contributed by atoms with Crippen molar-refractivity contribution in [3.8, 4) is 0 Å². The molecule has 0 spiro atoms. The highest BCUT2D eigenvalue weighted by Gasteiger charge is 2.23. The maximum atomic E-state index is 8.91. The molecule has 1 aliphatic heterocycles. The van der Waals surface area contributed by atoms with Crippen molar-refractivity contribution >= 4 is 11.6 Å². The fraction of sp³-hybridized carbons (Fsp3) is 0.714. The highest BCUT2D eigenvalue weighted by atomic mass is 35.5. The number of hydrogen-bond donors (Lipinski definition) is 1. The van der Waals surface area contributed by atoms with Crippen LogP contribution < -0.4 is 0 Å². The Balaban J connectivity index is 2.16. The third kappa shape index (κ3) is 1.97. The molecule has 0 aromatic rings. The lowest BCUT2D eigenvalue weighted by molar-refractivity contribution is 0.00832. The molecule has 0 bridgehead atoms. The van der Waals surface area contributed by atoms with Gasteiger partial charge in [0.1, 0.15) is 0 Å². The summed E-state index contributed by atoms with van der Waals surface area (Å²) in [5.41, 5.74) is 2.73. The van der Waals surface area contributed by atoms with E-state index in [9.17, 15) is 0 Å². The molecule has 0 aromatic carbocycles. The monoisotopic (exact) mass is 161 g/mol. The molecule has 1 saturated heterocycles.